The van der Waals surface area contributed by atoms with Crippen LogP contribution in [0.3, 0.4) is 0 Å². The number of aromatic nitrogens is 1. The minimum Gasteiger partial charge on any atom is -0.357 e. The van der Waals surface area contributed by atoms with Crippen molar-refractivity contribution < 1.29 is 0 Å². The molecular formula is C14H25N3S. The van der Waals surface area contributed by atoms with Gasteiger partial charge in [-0.1, -0.05) is 6.07 Å². The lowest BCUT2D eigenvalue weighted by Crippen LogP contribution is -2.31. The van der Waals surface area contributed by atoms with Crippen molar-refractivity contribution in [2.24, 2.45) is 5.73 Å². The van der Waals surface area contributed by atoms with Crippen LogP contribution in [-0.2, 0) is 6.42 Å². The molecule has 1 aromatic rings. The minimum absolute atomic E-state index is 0.169. The highest BCUT2D eigenvalue weighted by molar-refractivity contribution is 7.98. The topological polar surface area (TPSA) is 42.2 Å². The molecule has 102 valence electrons. The molecule has 0 aromatic carbocycles. The lowest BCUT2D eigenvalue weighted by atomic mass is 10.1. The molecule has 2 unspecified atom stereocenters. The molecular weight excluding hydrogens is 242 g/mol. The van der Waals surface area contributed by atoms with E-state index in [-0.39, 0.29) is 6.04 Å². The van der Waals surface area contributed by atoms with Crippen molar-refractivity contribution in [3.05, 3.63) is 23.9 Å². The van der Waals surface area contributed by atoms with E-state index in [2.05, 4.69) is 36.2 Å². The van der Waals surface area contributed by atoms with Gasteiger partial charge in [0.25, 0.3) is 0 Å². The van der Waals surface area contributed by atoms with Crippen LogP contribution in [0.15, 0.2) is 18.3 Å². The van der Waals surface area contributed by atoms with Crippen molar-refractivity contribution >= 4 is 17.6 Å². The summed E-state index contributed by atoms with van der Waals surface area (Å²) in [6, 6.07) is 4.78. The highest BCUT2D eigenvalue weighted by atomic mass is 32.2. The summed E-state index contributed by atoms with van der Waals surface area (Å²) >= 11 is 1.89. The van der Waals surface area contributed by atoms with Crippen LogP contribution in [0.2, 0.25) is 0 Å². The molecule has 0 radical (unpaired) electrons. The van der Waals surface area contributed by atoms with E-state index in [4.69, 9.17) is 5.73 Å². The smallest absolute Gasteiger partial charge is 0.131 e. The summed E-state index contributed by atoms with van der Waals surface area (Å²) in [5, 5.41) is 0. The van der Waals surface area contributed by atoms with E-state index in [1.807, 2.05) is 30.9 Å². The van der Waals surface area contributed by atoms with Gasteiger partial charge in [-0.3, -0.25) is 0 Å². The third-order valence-electron chi connectivity index (χ3n) is 3.14. The molecule has 1 aromatic heterocycles. The maximum atomic E-state index is 5.90. The molecule has 1 heterocycles. The third kappa shape index (κ3) is 4.50. The number of hydrogen-bond donors (Lipinski definition) is 1. The van der Waals surface area contributed by atoms with E-state index in [1.165, 1.54) is 17.7 Å². The van der Waals surface area contributed by atoms with Gasteiger partial charge in [-0.2, -0.15) is 11.8 Å². The van der Waals surface area contributed by atoms with Gasteiger partial charge in [0.2, 0.25) is 0 Å². The number of thioether (sulfide) groups is 1. The fraction of sp³-hybridized carbons (Fsp3) is 0.643. The Labute approximate surface area is 115 Å². The van der Waals surface area contributed by atoms with Gasteiger partial charge in [0.15, 0.2) is 0 Å². The Morgan fingerprint density at radius 1 is 1.44 bits per heavy atom. The molecule has 3 nitrogen and oxygen atoms in total. The molecule has 2 N–H and O–H groups in total. The van der Waals surface area contributed by atoms with Crippen LogP contribution in [-0.4, -0.2) is 36.1 Å². The average molecular weight is 267 g/mol. The molecule has 18 heavy (non-hydrogen) atoms. The zero-order valence-corrected chi connectivity index (χ0v) is 12.7. The minimum atomic E-state index is 0.169. The Kier molecular flexibility index (Phi) is 6.50. The molecule has 0 aliphatic rings. The monoisotopic (exact) mass is 267 g/mol. The average Bonchev–Trinajstić information content (AvgIpc) is 2.35. The molecule has 2 atom stereocenters. The van der Waals surface area contributed by atoms with E-state index in [9.17, 15) is 0 Å². The highest BCUT2D eigenvalue weighted by Crippen LogP contribution is 2.20. The van der Waals surface area contributed by atoms with E-state index < -0.39 is 0 Å². The Morgan fingerprint density at radius 3 is 2.78 bits per heavy atom. The predicted octanol–water partition coefficient (Wildman–Crippen LogP) is 2.55. The second-order valence-electron chi connectivity index (χ2n) is 4.91. The number of rotatable bonds is 7. The normalized spacial score (nSPS) is 14.3. The lowest BCUT2D eigenvalue weighted by Gasteiger charge is -2.28. The molecule has 0 saturated carbocycles. The summed E-state index contributed by atoms with van der Waals surface area (Å²) in [4.78, 5) is 6.80. The summed E-state index contributed by atoms with van der Waals surface area (Å²) in [5.41, 5.74) is 7.14. The van der Waals surface area contributed by atoms with Crippen LogP contribution < -0.4 is 10.6 Å². The second-order valence-corrected chi connectivity index (χ2v) is 5.89. The summed E-state index contributed by atoms with van der Waals surface area (Å²) in [7, 11) is 2.12. The molecule has 0 aliphatic carbocycles. The van der Waals surface area contributed by atoms with Gasteiger partial charge in [0, 0.05) is 25.3 Å². The molecule has 0 amide bonds. The van der Waals surface area contributed by atoms with Gasteiger partial charge in [-0.05, 0) is 50.3 Å². The molecule has 0 saturated heterocycles. The fourth-order valence-corrected chi connectivity index (χ4v) is 2.52. The van der Waals surface area contributed by atoms with E-state index in [1.54, 1.807) is 0 Å². The van der Waals surface area contributed by atoms with Gasteiger partial charge < -0.3 is 10.6 Å². The number of anilines is 1. The van der Waals surface area contributed by atoms with Crippen LogP contribution in [0, 0.1) is 0 Å². The Bertz CT molecular complexity index is 355. The molecule has 0 aliphatic heterocycles. The van der Waals surface area contributed by atoms with E-state index in [0.29, 0.717) is 6.04 Å². The maximum Gasteiger partial charge on any atom is 0.131 e. The van der Waals surface area contributed by atoms with Crippen molar-refractivity contribution in [2.45, 2.75) is 38.8 Å². The Hall–Kier alpha value is -0.740. The standard InChI is InChI=1S/C14H25N3S/c1-11(15)10-13-6-5-8-16-14(13)17(3)12(2)7-9-18-4/h5-6,8,11-12H,7,9-10,15H2,1-4H3. The number of nitrogens with two attached hydrogens (primary N) is 1. The number of nitrogens with zero attached hydrogens (tertiary/aromatic N) is 2. The summed E-state index contributed by atoms with van der Waals surface area (Å²) < 4.78 is 0. The Balaban J connectivity index is 2.80. The highest BCUT2D eigenvalue weighted by Gasteiger charge is 2.15. The molecule has 4 heteroatoms. The zero-order valence-electron chi connectivity index (χ0n) is 11.9. The van der Waals surface area contributed by atoms with Gasteiger partial charge in [-0.15, -0.1) is 0 Å². The SMILES string of the molecule is CSCCC(C)N(C)c1ncccc1CC(C)N. The van der Waals surface area contributed by atoms with Gasteiger partial charge >= 0.3 is 0 Å². The first-order valence-corrected chi connectivity index (χ1v) is 7.87. The van der Waals surface area contributed by atoms with Crippen molar-refractivity contribution in [3.8, 4) is 0 Å². The van der Waals surface area contributed by atoms with Gasteiger partial charge in [0.1, 0.15) is 5.82 Å². The Morgan fingerprint density at radius 2 is 2.17 bits per heavy atom. The predicted molar refractivity (Wildman–Crippen MR) is 82.5 cm³/mol. The van der Waals surface area contributed by atoms with Crippen molar-refractivity contribution in [1.29, 1.82) is 0 Å². The quantitative estimate of drug-likeness (QED) is 0.824. The second kappa shape index (κ2) is 7.64. The van der Waals surface area contributed by atoms with Crippen molar-refractivity contribution in [1.82, 2.24) is 4.98 Å². The van der Waals surface area contributed by atoms with Gasteiger partial charge in [-0.25, -0.2) is 4.98 Å². The summed E-state index contributed by atoms with van der Waals surface area (Å²) in [5.74, 6) is 2.25. The van der Waals surface area contributed by atoms with Crippen molar-refractivity contribution in [2.75, 3.05) is 24.0 Å². The van der Waals surface area contributed by atoms with Crippen LogP contribution in [0.5, 0.6) is 0 Å². The van der Waals surface area contributed by atoms with Crippen molar-refractivity contribution in [3.63, 3.8) is 0 Å². The van der Waals surface area contributed by atoms with Crippen LogP contribution in [0.4, 0.5) is 5.82 Å². The zero-order chi connectivity index (χ0) is 13.5. The number of hydrogen-bond acceptors (Lipinski definition) is 4. The largest absolute Gasteiger partial charge is 0.357 e. The summed E-state index contributed by atoms with van der Waals surface area (Å²) in [6.45, 7) is 4.29. The lowest BCUT2D eigenvalue weighted by molar-refractivity contribution is 0.653. The molecule has 0 spiro atoms. The van der Waals surface area contributed by atoms with Crippen LogP contribution in [0.25, 0.3) is 0 Å². The maximum absolute atomic E-state index is 5.90. The van der Waals surface area contributed by atoms with Crippen LogP contribution in [0.1, 0.15) is 25.8 Å². The fourth-order valence-electron chi connectivity index (χ4n) is 1.94. The molecule has 0 fully saturated rings. The van der Waals surface area contributed by atoms with Crippen LogP contribution >= 0.6 is 11.8 Å². The first kappa shape index (κ1) is 15.3. The van der Waals surface area contributed by atoms with Gasteiger partial charge in [0.05, 0.1) is 0 Å². The first-order valence-electron chi connectivity index (χ1n) is 6.47. The molecule has 0 bridgehead atoms. The third-order valence-corrected chi connectivity index (χ3v) is 3.79. The van der Waals surface area contributed by atoms with E-state index in [0.717, 1.165) is 12.2 Å². The first-order chi connectivity index (χ1) is 8.56. The molecule has 1 rings (SSSR count). The van der Waals surface area contributed by atoms with E-state index >= 15 is 0 Å². The summed E-state index contributed by atoms with van der Waals surface area (Å²) in [6.07, 6.45) is 6.06. The number of pyridine rings is 1.